The summed E-state index contributed by atoms with van der Waals surface area (Å²) in [7, 11) is 0. The van der Waals surface area contributed by atoms with E-state index in [9.17, 15) is 4.79 Å². The Bertz CT molecular complexity index is 368. The number of carbonyl (C=O) groups excluding carboxylic acids is 1. The lowest BCUT2D eigenvalue weighted by molar-refractivity contribution is -0.123. The van der Waals surface area contributed by atoms with Crippen LogP contribution in [0.2, 0.25) is 5.02 Å². The van der Waals surface area contributed by atoms with E-state index in [1.807, 2.05) is 32.0 Å². The normalized spacial score (nSPS) is 14.2. The summed E-state index contributed by atoms with van der Waals surface area (Å²) in [6, 6.07) is 6.90. The Hall–Kier alpha value is -1.06. The molecule has 1 rings (SSSR count). The highest BCUT2D eigenvalue weighted by Gasteiger charge is 2.14. The molecule has 3 nitrogen and oxygen atoms in total. The minimum absolute atomic E-state index is 0.0798. The van der Waals surface area contributed by atoms with Crippen LogP contribution in [0.15, 0.2) is 24.3 Å². The van der Waals surface area contributed by atoms with E-state index >= 15 is 0 Å². The number of carbonyl (C=O) groups is 1. The van der Waals surface area contributed by atoms with Gasteiger partial charge >= 0.3 is 0 Å². The van der Waals surface area contributed by atoms with Gasteiger partial charge in [0.15, 0.2) is 0 Å². The largest absolute Gasteiger partial charge is 0.348 e. The summed E-state index contributed by atoms with van der Waals surface area (Å²) < 4.78 is 0. The summed E-state index contributed by atoms with van der Waals surface area (Å²) in [6.45, 7) is 3.79. The van der Waals surface area contributed by atoms with Gasteiger partial charge in [-0.3, -0.25) is 4.79 Å². The van der Waals surface area contributed by atoms with Crippen LogP contribution in [0.25, 0.3) is 0 Å². The second-order valence-electron chi connectivity index (χ2n) is 3.80. The number of nitrogens with one attached hydrogen (secondary N) is 1. The summed E-state index contributed by atoms with van der Waals surface area (Å²) in [5, 5.41) is 3.52. The zero-order valence-electron chi connectivity index (χ0n) is 9.53. The van der Waals surface area contributed by atoms with Crippen LogP contribution >= 0.6 is 11.6 Å². The van der Waals surface area contributed by atoms with E-state index in [4.69, 9.17) is 17.3 Å². The third-order valence-electron chi connectivity index (χ3n) is 2.48. The monoisotopic (exact) mass is 240 g/mol. The van der Waals surface area contributed by atoms with E-state index in [-0.39, 0.29) is 11.9 Å². The van der Waals surface area contributed by atoms with Crippen LogP contribution in [0.1, 0.15) is 31.9 Å². The SMILES string of the molecule is CC[C@@H](N)C(=O)N[C@@H](C)c1cccc(Cl)c1. The summed E-state index contributed by atoms with van der Waals surface area (Å²) in [6.07, 6.45) is 0.633. The summed E-state index contributed by atoms with van der Waals surface area (Å²) >= 11 is 5.88. The van der Waals surface area contributed by atoms with Gasteiger partial charge in [0.05, 0.1) is 12.1 Å². The fourth-order valence-electron chi connectivity index (χ4n) is 1.37. The van der Waals surface area contributed by atoms with Crippen LogP contribution in [-0.4, -0.2) is 11.9 Å². The van der Waals surface area contributed by atoms with Gasteiger partial charge in [-0.25, -0.2) is 0 Å². The molecule has 0 aliphatic rings. The molecule has 0 aliphatic heterocycles. The fourth-order valence-corrected chi connectivity index (χ4v) is 1.56. The number of amides is 1. The van der Waals surface area contributed by atoms with Gasteiger partial charge in [0, 0.05) is 5.02 Å². The Morgan fingerprint density at radius 1 is 1.56 bits per heavy atom. The maximum absolute atomic E-state index is 11.6. The second kappa shape index (κ2) is 5.87. The van der Waals surface area contributed by atoms with Crippen LogP contribution in [0.4, 0.5) is 0 Å². The van der Waals surface area contributed by atoms with Crippen molar-refractivity contribution in [3.05, 3.63) is 34.9 Å². The highest BCUT2D eigenvalue weighted by molar-refractivity contribution is 6.30. The molecule has 0 bridgehead atoms. The van der Waals surface area contributed by atoms with Crippen molar-refractivity contribution in [1.82, 2.24) is 5.32 Å². The minimum atomic E-state index is -0.443. The Morgan fingerprint density at radius 2 is 2.25 bits per heavy atom. The van der Waals surface area contributed by atoms with Crippen LogP contribution in [0, 0.1) is 0 Å². The maximum atomic E-state index is 11.6. The molecule has 0 unspecified atom stereocenters. The van der Waals surface area contributed by atoms with E-state index in [0.29, 0.717) is 11.4 Å². The first kappa shape index (κ1) is 13.0. The summed E-state index contributed by atoms with van der Waals surface area (Å²) in [5.41, 5.74) is 6.61. The van der Waals surface area contributed by atoms with E-state index in [1.54, 1.807) is 6.07 Å². The first-order chi connectivity index (χ1) is 7.54. The molecule has 0 aliphatic carbocycles. The molecule has 88 valence electrons. The zero-order chi connectivity index (χ0) is 12.1. The van der Waals surface area contributed by atoms with Crippen molar-refractivity contribution in [2.24, 2.45) is 5.73 Å². The highest BCUT2D eigenvalue weighted by atomic mass is 35.5. The van der Waals surface area contributed by atoms with Gasteiger partial charge in [0.2, 0.25) is 5.91 Å². The Kier molecular flexibility index (Phi) is 4.77. The lowest BCUT2D eigenvalue weighted by Crippen LogP contribution is -2.41. The molecular formula is C12H17ClN2O. The number of benzene rings is 1. The molecule has 2 atom stereocenters. The van der Waals surface area contributed by atoms with Gasteiger partial charge in [0.25, 0.3) is 0 Å². The number of halogens is 1. The van der Waals surface area contributed by atoms with E-state index in [0.717, 1.165) is 5.56 Å². The van der Waals surface area contributed by atoms with Gasteiger partial charge in [-0.05, 0) is 31.0 Å². The molecular weight excluding hydrogens is 224 g/mol. The number of rotatable bonds is 4. The Labute approximate surface area is 101 Å². The predicted molar refractivity (Wildman–Crippen MR) is 66.3 cm³/mol. The molecule has 0 radical (unpaired) electrons. The van der Waals surface area contributed by atoms with E-state index in [2.05, 4.69) is 5.32 Å². The third-order valence-corrected chi connectivity index (χ3v) is 2.72. The molecule has 16 heavy (non-hydrogen) atoms. The third kappa shape index (κ3) is 3.51. The number of hydrogen-bond acceptors (Lipinski definition) is 2. The first-order valence-electron chi connectivity index (χ1n) is 5.36. The standard InChI is InChI=1S/C12H17ClN2O/c1-3-11(14)12(16)15-8(2)9-5-4-6-10(13)7-9/h4-8,11H,3,14H2,1-2H3,(H,15,16)/t8-,11+/m0/s1. The molecule has 3 N–H and O–H groups in total. The molecule has 1 aromatic carbocycles. The quantitative estimate of drug-likeness (QED) is 0.848. The molecule has 1 amide bonds. The Balaban J connectivity index is 2.65. The lowest BCUT2D eigenvalue weighted by Gasteiger charge is -2.17. The lowest BCUT2D eigenvalue weighted by atomic mass is 10.1. The molecule has 0 saturated heterocycles. The molecule has 0 heterocycles. The molecule has 0 saturated carbocycles. The van der Waals surface area contributed by atoms with Crippen LogP contribution in [0.3, 0.4) is 0 Å². The average molecular weight is 241 g/mol. The molecule has 0 spiro atoms. The van der Waals surface area contributed by atoms with E-state index < -0.39 is 6.04 Å². The van der Waals surface area contributed by atoms with Gasteiger partial charge in [-0.1, -0.05) is 30.7 Å². The topological polar surface area (TPSA) is 55.1 Å². The zero-order valence-corrected chi connectivity index (χ0v) is 10.3. The maximum Gasteiger partial charge on any atom is 0.237 e. The molecule has 4 heteroatoms. The average Bonchev–Trinajstić information content (AvgIpc) is 2.27. The molecule has 0 fully saturated rings. The van der Waals surface area contributed by atoms with Gasteiger partial charge < -0.3 is 11.1 Å². The van der Waals surface area contributed by atoms with Gasteiger partial charge in [-0.15, -0.1) is 0 Å². The second-order valence-corrected chi connectivity index (χ2v) is 4.24. The van der Waals surface area contributed by atoms with Crippen LogP contribution in [-0.2, 0) is 4.79 Å². The molecule has 1 aromatic rings. The van der Waals surface area contributed by atoms with Crippen molar-refractivity contribution < 1.29 is 4.79 Å². The van der Waals surface area contributed by atoms with Crippen molar-refractivity contribution in [3.8, 4) is 0 Å². The van der Waals surface area contributed by atoms with Crippen molar-refractivity contribution >= 4 is 17.5 Å². The summed E-state index contributed by atoms with van der Waals surface area (Å²) in [5.74, 6) is -0.130. The number of hydrogen-bond donors (Lipinski definition) is 2. The van der Waals surface area contributed by atoms with Crippen LogP contribution < -0.4 is 11.1 Å². The predicted octanol–water partition coefficient (Wildman–Crippen LogP) is 2.25. The smallest absolute Gasteiger partial charge is 0.237 e. The minimum Gasteiger partial charge on any atom is -0.348 e. The van der Waals surface area contributed by atoms with E-state index in [1.165, 1.54) is 0 Å². The van der Waals surface area contributed by atoms with Crippen molar-refractivity contribution in [2.75, 3.05) is 0 Å². The van der Waals surface area contributed by atoms with Gasteiger partial charge in [-0.2, -0.15) is 0 Å². The fraction of sp³-hybridized carbons (Fsp3) is 0.417. The highest BCUT2D eigenvalue weighted by Crippen LogP contribution is 2.17. The van der Waals surface area contributed by atoms with Crippen molar-refractivity contribution in [2.45, 2.75) is 32.4 Å². The summed E-state index contributed by atoms with van der Waals surface area (Å²) in [4.78, 5) is 11.6. The number of nitrogens with two attached hydrogens (primary N) is 1. The van der Waals surface area contributed by atoms with Crippen molar-refractivity contribution in [1.29, 1.82) is 0 Å². The molecule has 0 aromatic heterocycles. The first-order valence-corrected chi connectivity index (χ1v) is 5.73. The van der Waals surface area contributed by atoms with Gasteiger partial charge in [0.1, 0.15) is 0 Å². The van der Waals surface area contributed by atoms with Crippen LogP contribution in [0.5, 0.6) is 0 Å². The van der Waals surface area contributed by atoms with Crippen molar-refractivity contribution in [3.63, 3.8) is 0 Å². The Morgan fingerprint density at radius 3 is 2.81 bits per heavy atom.